The van der Waals surface area contributed by atoms with E-state index in [1.165, 1.54) is 0 Å². The Morgan fingerprint density at radius 1 is 1.44 bits per heavy atom. The summed E-state index contributed by atoms with van der Waals surface area (Å²) in [6, 6.07) is 5.72. The van der Waals surface area contributed by atoms with Crippen LogP contribution >= 0.6 is 0 Å². The van der Waals surface area contributed by atoms with Gasteiger partial charge in [0.05, 0.1) is 12.5 Å². The van der Waals surface area contributed by atoms with Gasteiger partial charge in [-0.25, -0.2) is 0 Å². The van der Waals surface area contributed by atoms with Crippen molar-refractivity contribution in [3.8, 4) is 5.75 Å². The molecule has 1 N–H and O–H groups in total. The van der Waals surface area contributed by atoms with Crippen LogP contribution in [0.15, 0.2) is 18.2 Å². The van der Waals surface area contributed by atoms with Gasteiger partial charge in [0.1, 0.15) is 5.75 Å². The van der Waals surface area contributed by atoms with Gasteiger partial charge in [-0.2, -0.15) is 0 Å². The number of carboxylic acid groups (broad SMARTS) is 1. The Bertz CT molecular complexity index is 464. The lowest BCUT2D eigenvalue weighted by atomic mass is 9.94. The van der Waals surface area contributed by atoms with Crippen molar-refractivity contribution in [3.63, 3.8) is 0 Å². The first-order valence-electron chi connectivity index (χ1n) is 6.05. The SMILES string of the molecule is COc1ccc(C2(C(=O)O)CC2)cc1CN(C)C. The van der Waals surface area contributed by atoms with Gasteiger partial charge in [-0.3, -0.25) is 4.79 Å². The van der Waals surface area contributed by atoms with Crippen LogP contribution in [0.4, 0.5) is 0 Å². The van der Waals surface area contributed by atoms with Crippen LogP contribution in [0.2, 0.25) is 0 Å². The molecule has 4 heteroatoms. The number of hydrogen-bond acceptors (Lipinski definition) is 3. The van der Waals surface area contributed by atoms with Gasteiger partial charge in [0.2, 0.25) is 0 Å². The smallest absolute Gasteiger partial charge is 0.314 e. The zero-order chi connectivity index (χ0) is 13.3. The highest BCUT2D eigenvalue weighted by molar-refractivity contribution is 5.85. The van der Waals surface area contributed by atoms with E-state index in [0.29, 0.717) is 0 Å². The first-order valence-corrected chi connectivity index (χ1v) is 6.05. The fourth-order valence-electron chi connectivity index (χ4n) is 2.29. The van der Waals surface area contributed by atoms with Gasteiger partial charge in [-0.1, -0.05) is 6.07 Å². The van der Waals surface area contributed by atoms with Crippen LogP contribution in [0.3, 0.4) is 0 Å². The Labute approximate surface area is 107 Å². The molecule has 1 saturated carbocycles. The molecular formula is C14H19NO3. The van der Waals surface area contributed by atoms with E-state index in [9.17, 15) is 9.90 Å². The molecule has 0 radical (unpaired) electrons. The summed E-state index contributed by atoms with van der Waals surface area (Å²) in [7, 11) is 5.60. The van der Waals surface area contributed by atoms with E-state index in [1.54, 1.807) is 7.11 Å². The first kappa shape index (κ1) is 12.9. The highest BCUT2D eigenvalue weighted by Gasteiger charge is 2.51. The lowest BCUT2D eigenvalue weighted by Crippen LogP contribution is -2.20. The van der Waals surface area contributed by atoms with Gasteiger partial charge in [0.25, 0.3) is 0 Å². The summed E-state index contributed by atoms with van der Waals surface area (Å²) >= 11 is 0. The van der Waals surface area contributed by atoms with Crippen LogP contribution in [0, 0.1) is 0 Å². The van der Waals surface area contributed by atoms with E-state index in [2.05, 4.69) is 0 Å². The summed E-state index contributed by atoms with van der Waals surface area (Å²) in [5, 5.41) is 9.31. The van der Waals surface area contributed by atoms with Crippen molar-refractivity contribution in [3.05, 3.63) is 29.3 Å². The number of rotatable bonds is 5. The lowest BCUT2D eigenvalue weighted by molar-refractivity contribution is -0.140. The Hall–Kier alpha value is -1.55. The summed E-state index contributed by atoms with van der Waals surface area (Å²) < 4.78 is 5.32. The van der Waals surface area contributed by atoms with E-state index in [0.717, 1.165) is 36.3 Å². The van der Waals surface area contributed by atoms with Crippen LogP contribution in [-0.2, 0) is 16.8 Å². The second-order valence-corrected chi connectivity index (χ2v) is 5.15. The van der Waals surface area contributed by atoms with E-state index < -0.39 is 11.4 Å². The van der Waals surface area contributed by atoms with Crippen molar-refractivity contribution in [1.29, 1.82) is 0 Å². The monoisotopic (exact) mass is 249 g/mol. The molecule has 0 unspecified atom stereocenters. The minimum absolute atomic E-state index is 0.646. The molecule has 1 aliphatic rings. The standard InChI is InChI=1S/C14H19NO3/c1-15(2)9-10-8-11(4-5-12(10)18-3)14(6-7-14)13(16)17/h4-5,8H,6-7,9H2,1-3H3,(H,16,17). The molecule has 1 aromatic rings. The average molecular weight is 249 g/mol. The molecule has 0 aliphatic heterocycles. The predicted molar refractivity (Wildman–Crippen MR) is 68.9 cm³/mol. The largest absolute Gasteiger partial charge is 0.496 e. The van der Waals surface area contributed by atoms with Gasteiger partial charge in [0, 0.05) is 12.1 Å². The number of aliphatic carboxylic acids is 1. The van der Waals surface area contributed by atoms with Crippen LogP contribution in [0.5, 0.6) is 5.75 Å². The number of hydrogen-bond donors (Lipinski definition) is 1. The Kier molecular flexibility index (Phi) is 3.30. The van der Waals surface area contributed by atoms with Crippen molar-refractivity contribution < 1.29 is 14.6 Å². The van der Waals surface area contributed by atoms with Gasteiger partial charge < -0.3 is 14.7 Å². The molecule has 1 fully saturated rings. The second-order valence-electron chi connectivity index (χ2n) is 5.15. The van der Waals surface area contributed by atoms with Crippen LogP contribution in [0.25, 0.3) is 0 Å². The molecule has 0 spiro atoms. The lowest BCUT2D eigenvalue weighted by Gasteiger charge is -2.17. The summed E-state index contributed by atoms with van der Waals surface area (Å²) in [4.78, 5) is 13.4. The van der Waals surface area contributed by atoms with Crippen LogP contribution < -0.4 is 4.74 Å². The Morgan fingerprint density at radius 2 is 2.11 bits per heavy atom. The maximum atomic E-state index is 11.3. The maximum absolute atomic E-state index is 11.3. The van der Waals surface area contributed by atoms with Gasteiger partial charge in [-0.05, 0) is 44.6 Å². The van der Waals surface area contributed by atoms with E-state index in [-0.39, 0.29) is 0 Å². The van der Waals surface area contributed by atoms with E-state index in [1.807, 2.05) is 37.2 Å². The van der Waals surface area contributed by atoms with Gasteiger partial charge in [0.15, 0.2) is 0 Å². The zero-order valence-corrected chi connectivity index (χ0v) is 11.1. The molecule has 2 rings (SSSR count). The Balaban J connectivity index is 2.37. The molecule has 0 atom stereocenters. The number of benzene rings is 1. The third-order valence-electron chi connectivity index (χ3n) is 3.48. The average Bonchev–Trinajstić information content (AvgIpc) is 3.09. The number of carbonyl (C=O) groups is 1. The maximum Gasteiger partial charge on any atom is 0.314 e. The van der Waals surface area contributed by atoms with Crippen LogP contribution in [0.1, 0.15) is 24.0 Å². The third kappa shape index (κ3) is 2.20. The zero-order valence-electron chi connectivity index (χ0n) is 11.1. The molecule has 1 aromatic carbocycles. The Morgan fingerprint density at radius 3 is 2.56 bits per heavy atom. The minimum atomic E-state index is -0.719. The van der Waals surface area contributed by atoms with Crippen molar-refractivity contribution in [2.24, 2.45) is 0 Å². The second kappa shape index (κ2) is 4.61. The summed E-state index contributed by atoms with van der Waals surface area (Å²) in [6.45, 7) is 0.743. The van der Waals surface area contributed by atoms with Crippen molar-refractivity contribution >= 4 is 5.97 Å². The highest BCUT2D eigenvalue weighted by atomic mass is 16.5. The molecule has 1 aliphatic carbocycles. The van der Waals surface area contributed by atoms with E-state index in [4.69, 9.17) is 4.74 Å². The predicted octanol–water partition coefficient (Wildman–Crippen LogP) is 1.87. The number of ether oxygens (including phenoxy) is 1. The van der Waals surface area contributed by atoms with Gasteiger partial charge >= 0.3 is 5.97 Å². The molecule has 0 heterocycles. The molecule has 98 valence electrons. The van der Waals surface area contributed by atoms with Crippen LogP contribution in [-0.4, -0.2) is 37.2 Å². The van der Waals surface area contributed by atoms with Crippen molar-refractivity contribution in [1.82, 2.24) is 4.90 Å². The molecule has 4 nitrogen and oxygen atoms in total. The normalized spacial score (nSPS) is 16.7. The minimum Gasteiger partial charge on any atom is -0.496 e. The fraction of sp³-hybridized carbons (Fsp3) is 0.500. The molecule has 0 amide bonds. The molecule has 0 aromatic heterocycles. The third-order valence-corrected chi connectivity index (χ3v) is 3.48. The van der Waals surface area contributed by atoms with E-state index >= 15 is 0 Å². The molecular weight excluding hydrogens is 230 g/mol. The van der Waals surface area contributed by atoms with Crippen molar-refractivity contribution in [2.75, 3.05) is 21.2 Å². The molecule has 0 bridgehead atoms. The fourth-order valence-corrected chi connectivity index (χ4v) is 2.29. The summed E-state index contributed by atoms with van der Waals surface area (Å²) in [5.41, 5.74) is 1.29. The highest BCUT2D eigenvalue weighted by Crippen LogP contribution is 2.49. The number of methoxy groups -OCH3 is 1. The van der Waals surface area contributed by atoms with Crippen molar-refractivity contribution in [2.45, 2.75) is 24.8 Å². The summed E-state index contributed by atoms with van der Waals surface area (Å²) in [6.07, 6.45) is 1.46. The number of carboxylic acids is 1. The molecule has 18 heavy (non-hydrogen) atoms. The first-order chi connectivity index (χ1) is 8.49. The quantitative estimate of drug-likeness (QED) is 0.865. The van der Waals surface area contributed by atoms with Gasteiger partial charge in [-0.15, -0.1) is 0 Å². The topological polar surface area (TPSA) is 49.8 Å². The molecule has 0 saturated heterocycles. The summed E-state index contributed by atoms with van der Waals surface area (Å²) in [5.74, 6) is 0.0945. The number of nitrogens with zero attached hydrogens (tertiary/aromatic N) is 1.